The Kier molecular flexibility index (Phi) is 4.57. The molecule has 3 aromatic rings. The highest BCUT2D eigenvalue weighted by molar-refractivity contribution is 7.10. The van der Waals surface area contributed by atoms with Crippen molar-refractivity contribution in [1.82, 2.24) is 5.32 Å². The van der Waals surface area contributed by atoms with Gasteiger partial charge >= 0.3 is 0 Å². The number of thiophene rings is 3. The Morgan fingerprint density at radius 2 is 1.83 bits per heavy atom. The maximum atomic E-state index is 13.4. The zero-order valence-corrected chi connectivity index (χ0v) is 15.7. The maximum absolute atomic E-state index is 13.4. The van der Waals surface area contributed by atoms with Crippen molar-refractivity contribution in [3.8, 4) is 0 Å². The number of nitrogens with one attached hydrogen (secondary N) is 1. The van der Waals surface area contributed by atoms with Crippen molar-refractivity contribution in [1.29, 1.82) is 0 Å². The van der Waals surface area contributed by atoms with Gasteiger partial charge in [-0.2, -0.15) is 11.3 Å². The molecule has 1 fully saturated rings. The minimum Gasteiger partial charge on any atom is -0.344 e. The first-order valence-corrected chi connectivity index (χ1v) is 10.9. The molecule has 1 aliphatic rings. The fourth-order valence-electron chi connectivity index (χ4n) is 3.60. The van der Waals surface area contributed by atoms with E-state index >= 15 is 0 Å². The van der Waals surface area contributed by atoms with Crippen LogP contribution >= 0.6 is 34.0 Å². The molecule has 0 unspecified atom stereocenters. The molecule has 1 N–H and O–H groups in total. The highest BCUT2D eigenvalue weighted by Gasteiger charge is 2.44. The summed E-state index contributed by atoms with van der Waals surface area (Å²) in [5.74, 6) is 0.187. The third kappa shape index (κ3) is 2.85. The number of amides is 1. The van der Waals surface area contributed by atoms with Crippen molar-refractivity contribution in [2.75, 3.05) is 0 Å². The third-order valence-electron chi connectivity index (χ3n) is 4.86. The Morgan fingerprint density at radius 3 is 2.46 bits per heavy atom. The second kappa shape index (κ2) is 6.82. The first kappa shape index (κ1) is 16.1. The van der Waals surface area contributed by atoms with E-state index < -0.39 is 0 Å². The zero-order chi connectivity index (χ0) is 16.4. The number of hydrogen-bond acceptors (Lipinski definition) is 4. The van der Waals surface area contributed by atoms with Crippen LogP contribution in [0.1, 0.15) is 47.0 Å². The topological polar surface area (TPSA) is 29.1 Å². The summed E-state index contributed by atoms with van der Waals surface area (Å²) in [5, 5.41) is 11.7. The standard InChI is InChI=1S/C19H19NOS3/c21-18(19(8-1-2-9-19)16-6-4-11-24-16)20-17(14-7-12-22-13-14)15-5-3-10-23-15/h3-7,10-13,17H,1-2,8-9H2,(H,20,21)/t17-/m1/s1. The van der Waals surface area contributed by atoms with Gasteiger partial charge in [-0.05, 0) is 58.1 Å². The van der Waals surface area contributed by atoms with E-state index in [0.29, 0.717) is 0 Å². The summed E-state index contributed by atoms with van der Waals surface area (Å²) in [4.78, 5) is 15.8. The molecule has 3 aromatic heterocycles. The van der Waals surface area contributed by atoms with Crippen LogP contribution in [0.2, 0.25) is 0 Å². The predicted octanol–water partition coefficient (Wildman–Crippen LogP) is 5.59. The van der Waals surface area contributed by atoms with Gasteiger partial charge in [0.15, 0.2) is 0 Å². The lowest BCUT2D eigenvalue weighted by Crippen LogP contribution is -2.43. The molecular formula is C19H19NOS3. The van der Waals surface area contributed by atoms with Gasteiger partial charge in [-0.1, -0.05) is 25.0 Å². The summed E-state index contributed by atoms with van der Waals surface area (Å²) in [6.07, 6.45) is 4.18. The highest BCUT2D eigenvalue weighted by Crippen LogP contribution is 2.44. The van der Waals surface area contributed by atoms with Crippen molar-refractivity contribution in [2.24, 2.45) is 0 Å². The van der Waals surface area contributed by atoms with E-state index in [1.807, 2.05) is 0 Å². The normalized spacial score (nSPS) is 17.7. The molecule has 3 heterocycles. The highest BCUT2D eigenvalue weighted by atomic mass is 32.1. The second-order valence-corrected chi connectivity index (χ2v) is 8.95. The van der Waals surface area contributed by atoms with Crippen LogP contribution < -0.4 is 5.32 Å². The molecule has 1 amide bonds. The number of carbonyl (C=O) groups is 1. The lowest BCUT2D eigenvalue weighted by Gasteiger charge is -2.29. The van der Waals surface area contributed by atoms with Crippen molar-refractivity contribution in [3.05, 3.63) is 67.2 Å². The first-order chi connectivity index (χ1) is 11.8. The lowest BCUT2D eigenvalue weighted by atomic mass is 9.83. The molecule has 0 spiro atoms. The Hall–Kier alpha value is -1.43. The zero-order valence-electron chi connectivity index (χ0n) is 13.2. The van der Waals surface area contributed by atoms with E-state index in [1.54, 1.807) is 34.0 Å². The summed E-state index contributed by atoms with van der Waals surface area (Å²) in [6.45, 7) is 0. The van der Waals surface area contributed by atoms with Crippen molar-refractivity contribution >= 4 is 39.9 Å². The van der Waals surface area contributed by atoms with Crippen LogP contribution in [0.5, 0.6) is 0 Å². The van der Waals surface area contributed by atoms with Crippen molar-refractivity contribution < 1.29 is 4.79 Å². The summed E-state index contributed by atoms with van der Waals surface area (Å²) >= 11 is 5.09. The van der Waals surface area contributed by atoms with E-state index in [1.165, 1.54) is 15.3 Å². The van der Waals surface area contributed by atoms with E-state index in [-0.39, 0.29) is 17.4 Å². The van der Waals surface area contributed by atoms with Crippen LogP contribution in [-0.2, 0) is 10.2 Å². The van der Waals surface area contributed by atoms with Gasteiger partial charge in [0, 0.05) is 9.75 Å². The van der Waals surface area contributed by atoms with Crippen molar-refractivity contribution in [2.45, 2.75) is 37.1 Å². The van der Waals surface area contributed by atoms with Gasteiger partial charge < -0.3 is 5.32 Å². The molecule has 1 atom stereocenters. The van der Waals surface area contributed by atoms with Gasteiger partial charge in [-0.25, -0.2) is 0 Å². The molecule has 1 aliphatic carbocycles. The van der Waals surface area contributed by atoms with Crippen LogP contribution in [0.15, 0.2) is 51.9 Å². The second-order valence-electron chi connectivity index (χ2n) is 6.25. The molecule has 0 radical (unpaired) electrons. The Balaban J connectivity index is 1.65. The van der Waals surface area contributed by atoms with Crippen LogP contribution in [0.25, 0.3) is 0 Å². The molecule has 1 saturated carbocycles. The largest absolute Gasteiger partial charge is 0.344 e. The van der Waals surface area contributed by atoms with Gasteiger partial charge in [-0.3, -0.25) is 4.79 Å². The molecule has 0 aromatic carbocycles. The quantitative estimate of drug-likeness (QED) is 0.621. The minimum atomic E-state index is -0.334. The average Bonchev–Trinajstić information content (AvgIpc) is 3.41. The van der Waals surface area contributed by atoms with Gasteiger partial charge in [0.05, 0.1) is 11.5 Å². The van der Waals surface area contributed by atoms with E-state index in [2.05, 4.69) is 57.2 Å². The molecule has 2 nitrogen and oxygen atoms in total. The Labute approximate surface area is 154 Å². The Morgan fingerprint density at radius 1 is 1.04 bits per heavy atom. The van der Waals surface area contributed by atoms with Crippen LogP contribution in [0, 0.1) is 0 Å². The van der Waals surface area contributed by atoms with Gasteiger partial charge in [-0.15, -0.1) is 22.7 Å². The lowest BCUT2D eigenvalue weighted by molar-refractivity contribution is -0.127. The van der Waals surface area contributed by atoms with Crippen LogP contribution in [0.3, 0.4) is 0 Å². The van der Waals surface area contributed by atoms with Gasteiger partial charge in [0.1, 0.15) is 0 Å². The maximum Gasteiger partial charge on any atom is 0.232 e. The van der Waals surface area contributed by atoms with E-state index in [4.69, 9.17) is 0 Å². The minimum absolute atomic E-state index is 0.0406. The first-order valence-electron chi connectivity index (χ1n) is 8.20. The number of carbonyl (C=O) groups excluding carboxylic acids is 1. The van der Waals surface area contributed by atoms with Crippen molar-refractivity contribution in [3.63, 3.8) is 0 Å². The SMILES string of the molecule is O=C(N[C@H](c1ccsc1)c1cccs1)C1(c2cccs2)CCCC1. The fourth-order valence-corrected chi connectivity index (χ4v) is 6.07. The smallest absolute Gasteiger partial charge is 0.232 e. The molecule has 0 saturated heterocycles. The molecule has 5 heteroatoms. The van der Waals surface area contributed by atoms with Gasteiger partial charge in [0.2, 0.25) is 5.91 Å². The number of hydrogen-bond donors (Lipinski definition) is 1. The summed E-state index contributed by atoms with van der Waals surface area (Å²) in [6, 6.07) is 10.4. The predicted molar refractivity (Wildman–Crippen MR) is 103 cm³/mol. The molecule has 0 aliphatic heterocycles. The van der Waals surface area contributed by atoms with Gasteiger partial charge in [0.25, 0.3) is 0 Å². The molecule has 4 rings (SSSR count). The third-order valence-corrected chi connectivity index (χ3v) is 7.58. The summed E-state index contributed by atoms with van der Waals surface area (Å²) in [5.41, 5.74) is 0.842. The summed E-state index contributed by atoms with van der Waals surface area (Å²) < 4.78 is 0. The van der Waals surface area contributed by atoms with Crippen LogP contribution in [0.4, 0.5) is 0 Å². The van der Waals surface area contributed by atoms with E-state index in [0.717, 1.165) is 25.7 Å². The molecule has 124 valence electrons. The van der Waals surface area contributed by atoms with Crippen LogP contribution in [-0.4, -0.2) is 5.91 Å². The average molecular weight is 374 g/mol. The fraction of sp³-hybridized carbons (Fsp3) is 0.316. The Bertz CT molecular complexity index is 735. The summed E-state index contributed by atoms with van der Waals surface area (Å²) in [7, 11) is 0. The van der Waals surface area contributed by atoms with E-state index in [9.17, 15) is 4.79 Å². The monoisotopic (exact) mass is 373 g/mol. The molecule has 24 heavy (non-hydrogen) atoms. The molecular weight excluding hydrogens is 354 g/mol. The number of rotatable bonds is 5. The molecule has 0 bridgehead atoms.